The molecule has 6 nitrogen and oxygen atoms in total. The average Bonchev–Trinajstić information content (AvgIpc) is 2.50. The molecule has 0 saturated carbocycles. The Kier molecular flexibility index (Phi) is 8.23. The zero-order chi connectivity index (χ0) is 15.5. The van der Waals surface area contributed by atoms with Crippen LogP contribution in [0.2, 0.25) is 0 Å². The lowest BCUT2D eigenvalue weighted by Crippen LogP contribution is -2.25. The molecule has 6 heteroatoms. The van der Waals surface area contributed by atoms with Gasteiger partial charge in [-0.15, -0.1) is 0 Å². The fraction of sp³-hybridized carbons (Fsp3) is 0.533. The minimum atomic E-state index is -0.188. The summed E-state index contributed by atoms with van der Waals surface area (Å²) < 4.78 is 15.3. The Morgan fingerprint density at radius 1 is 1.19 bits per heavy atom. The highest BCUT2D eigenvalue weighted by molar-refractivity contribution is 6.00. The molecular formula is C15H24N2O4. The van der Waals surface area contributed by atoms with Crippen molar-refractivity contribution in [1.82, 2.24) is 5.32 Å². The molecule has 0 aliphatic rings. The van der Waals surface area contributed by atoms with Crippen molar-refractivity contribution in [3.8, 4) is 5.75 Å². The second-order valence-corrected chi connectivity index (χ2v) is 4.49. The second kappa shape index (κ2) is 10.0. The first-order chi connectivity index (χ1) is 10.2. The van der Waals surface area contributed by atoms with Gasteiger partial charge in [0, 0.05) is 20.3 Å². The number of nitrogens with two attached hydrogens (primary N) is 1. The van der Waals surface area contributed by atoms with Crippen LogP contribution in [0.3, 0.4) is 0 Å². The lowest BCUT2D eigenvalue weighted by molar-refractivity contribution is 0.0686. The van der Waals surface area contributed by atoms with E-state index < -0.39 is 0 Å². The van der Waals surface area contributed by atoms with Crippen LogP contribution >= 0.6 is 0 Å². The van der Waals surface area contributed by atoms with Crippen molar-refractivity contribution >= 4 is 11.6 Å². The van der Waals surface area contributed by atoms with Gasteiger partial charge in [0.1, 0.15) is 5.75 Å². The highest BCUT2D eigenvalue weighted by Crippen LogP contribution is 2.24. The van der Waals surface area contributed by atoms with Crippen molar-refractivity contribution < 1.29 is 19.0 Å². The zero-order valence-corrected chi connectivity index (χ0v) is 12.7. The number of rotatable bonds is 10. The predicted octanol–water partition coefficient (Wildman–Crippen LogP) is 1.45. The van der Waals surface area contributed by atoms with E-state index in [0.717, 1.165) is 12.8 Å². The Morgan fingerprint density at radius 3 is 2.71 bits per heavy atom. The fourth-order valence-corrected chi connectivity index (χ4v) is 1.79. The zero-order valence-electron chi connectivity index (χ0n) is 12.7. The molecule has 0 spiro atoms. The summed E-state index contributed by atoms with van der Waals surface area (Å²) in [6, 6.07) is 5.15. The molecule has 0 aromatic heterocycles. The lowest BCUT2D eigenvalue weighted by Gasteiger charge is -2.10. The average molecular weight is 296 g/mol. The number of amides is 1. The number of unbranched alkanes of at least 4 members (excludes halogenated alkanes) is 1. The number of anilines is 1. The maximum atomic E-state index is 12.0. The molecule has 0 aliphatic carbocycles. The summed E-state index contributed by atoms with van der Waals surface area (Å²) in [5.41, 5.74) is 6.67. The van der Waals surface area contributed by atoms with Crippen LogP contribution < -0.4 is 15.8 Å². The van der Waals surface area contributed by atoms with Gasteiger partial charge < -0.3 is 25.3 Å². The Bertz CT molecular complexity index is 438. The molecule has 1 aromatic carbocycles. The summed E-state index contributed by atoms with van der Waals surface area (Å²) in [6.07, 6.45) is 1.74. The van der Waals surface area contributed by atoms with Gasteiger partial charge in [-0.2, -0.15) is 0 Å². The first kappa shape index (κ1) is 17.3. The van der Waals surface area contributed by atoms with Crippen molar-refractivity contribution in [2.45, 2.75) is 12.8 Å². The third-order valence-corrected chi connectivity index (χ3v) is 2.96. The molecule has 0 saturated heterocycles. The Morgan fingerprint density at radius 2 is 2.00 bits per heavy atom. The minimum absolute atomic E-state index is 0.188. The Hall–Kier alpha value is -1.79. The number of carbonyl (C=O) groups excluding carboxylic acids is 1. The third kappa shape index (κ3) is 6.01. The quantitative estimate of drug-likeness (QED) is 0.504. The van der Waals surface area contributed by atoms with Gasteiger partial charge in [-0.05, 0) is 25.0 Å². The number of methoxy groups -OCH3 is 2. The molecular weight excluding hydrogens is 272 g/mol. The van der Waals surface area contributed by atoms with E-state index in [4.69, 9.17) is 19.9 Å². The monoisotopic (exact) mass is 296 g/mol. The standard InChI is InChI=1S/C15H24N2O4/c1-19-10-11-21-9-4-3-8-17-15(18)12-6-5-7-13(20-2)14(12)16/h5-7H,3-4,8-11,16H2,1-2H3,(H,17,18). The van der Waals surface area contributed by atoms with Crippen LogP contribution in [0, 0.1) is 0 Å². The van der Waals surface area contributed by atoms with Crippen LogP contribution in [-0.2, 0) is 9.47 Å². The van der Waals surface area contributed by atoms with Gasteiger partial charge in [0.2, 0.25) is 0 Å². The summed E-state index contributed by atoms with van der Waals surface area (Å²) in [5, 5.41) is 2.84. The first-order valence-electron chi connectivity index (χ1n) is 6.98. The van der Waals surface area contributed by atoms with Gasteiger partial charge >= 0.3 is 0 Å². The number of nitrogens with one attached hydrogen (secondary N) is 1. The minimum Gasteiger partial charge on any atom is -0.495 e. The number of para-hydroxylation sites is 1. The molecule has 21 heavy (non-hydrogen) atoms. The molecule has 1 amide bonds. The molecule has 1 rings (SSSR count). The first-order valence-corrected chi connectivity index (χ1v) is 6.98. The maximum absolute atomic E-state index is 12.0. The van der Waals surface area contributed by atoms with Gasteiger partial charge in [-0.1, -0.05) is 6.07 Å². The Balaban J connectivity index is 2.25. The molecule has 0 atom stereocenters. The van der Waals surface area contributed by atoms with Crippen molar-refractivity contribution in [2.24, 2.45) is 0 Å². The van der Waals surface area contributed by atoms with Crippen LogP contribution in [0.5, 0.6) is 5.75 Å². The molecule has 1 aromatic rings. The van der Waals surface area contributed by atoms with E-state index in [2.05, 4.69) is 5.32 Å². The fourth-order valence-electron chi connectivity index (χ4n) is 1.79. The van der Waals surface area contributed by atoms with E-state index in [1.54, 1.807) is 25.3 Å². The van der Waals surface area contributed by atoms with Gasteiger partial charge in [0.15, 0.2) is 0 Å². The SMILES string of the molecule is COCCOCCCCNC(=O)c1cccc(OC)c1N. The number of carbonyl (C=O) groups is 1. The largest absolute Gasteiger partial charge is 0.495 e. The summed E-state index contributed by atoms with van der Waals surface area (Å²) in [7, 11) is 3.17. The highest BCUT2D eigenvalue weighted by atomic mass is 16.5. The summed E-state index contributed by atoms with van der Waals surface area (Å²) >= 11 is 0. The normalized spacial score (nSPS) is 10.4. The van der Waals surface area contributed by atoms with E-state index >= 15 is 0 Å². The van der Waals surface area contributed by atoms with Crippen LogP contribution in [0.25, 0.3) is 0 Å². The van der Waals surface area contributed by atoms with Crippen LogP contribution in [0.1, 0.15) is 23.2 Å². The number of nitrogen functional groups attached to an aromatic ring is 1. The van der Waals surface area contributed by atoms with Crippen molar-refractivity contribution in [3.63, 3.8) is 0 Å². The highest BCUT2D eigenvalue weighted by Gasteiger charge is 2.12. The van der Waals surface area contributed by atoms with Crippen molar-refractivity contribution in [3.05, 3.63) is 23.8 Å². The van der Waals surface area contributed by atoms with Crippen molar-refractivity contribution in [2.75, 3.05) is 46.3 Å². The summed E-state index contributed by atoms with van der Waals surface area (Å²) in [5.74, 6) is 0.320. The smallest absolute Gasteiger partial charge is 0.253 e. The second-order valence-electron chi connectivity index (χ2n) is 4.49. The molecule has 118 valence electrons. The Labute approximate surface area is 125 Å². The predicted molar refractivity (Wildman–Crippen MR) is 81.7 cm³/mol. The molecule has 0 radical (unpaired) electrons. The van der Waals surface area contributed by atoms with Crippen LogP contribution in [-0.4, -0.2) is 46.5 Å². The van der Waals surface area contributed by atoms with Gasteiger partial charge in [0.25, 0.3) is 5.91 Å². The molecule has 3 N–H and O–H groups in total. The maximum Gasteiger partial charge on any atom is 0.253 e. The molecule has 0 unspecified atom stereocenters. The molecule has 0 bridgehead atoms. The van der Waals surface area contributed by atoms with Gasteiger partial charge in [0.05, 0.1) is 31.6 Å². The van der Waals surface area contributed by atoms with E-state index in [9.17, 15) is 4.79 Å². The molecule has 0 aliphatic heterocycles. The number of benzene rings is 1. The molecule has 0 heterocycles. The summed E-state index contributed by atoms with van der Waals surface area (Å²) in [6.45, 7) is 2.46. The van der Waals surface area contributed by atoms with Gasteiger partial charge in [-0.25, -0.2) is 0 Å². The third-order valence-electron chi connectivity index (χ3n) is 2.96. The number of hydrogen-bond acceptors (Lipinski definition) is 5. The van der Waals surface area contributed by atoms with E-state index in [1.807, 2.05) is 0 Å². The van der Waals surface area contributed by atoms with E-state index in [0.29, 0.717) is 43.4 Å². The van der Waals surface area contributed by atoms with Crippen molar-refractivity contribution in [1.29, 1.82) is 0 Å². The number of ether oxygens (including phenoxy) is 3. The lowest BCUT2D eigenvalue weighted by atomic mass is 10.1. The molecule has 0 fully saturated rings. The van der Waals surface area contributed by atoms with Gasteiger partial charge in [-0.3, -0.25) is 4.79 Å². The van der Waals surface area contributed by atoms with E-state index in [-0.39, 0.29) is 5.91 Å². The van der Waals surface area contributed by atoms with E-state index in [1.165, 1.54) is 7.11 Å². The topological polar surface area (TPSA) is 82.8 Å². The van der Waals surface area contributed by atoms with Crippen LogP contribution in [0.4, 0.5) is 5.69 Å². The number of hydrogen-bond donors (Lipinski definition) is 2. The van der Waals surface area contributed by atoms with Crippen LogP contribution in [0.15, 0.2) is 18.2 Å². The summed E-state index contributed by atoms with van der Waals surface area (Å²) in [4.78, 5) is 12.0.